The topological polar surface area (TPSA) is 265 Å². The summed E-state index contributed by atoms with van der Waals surface area (Å²) in [6.45, 7) is 1.23. The Bertz CT molecular complexity index is 1450. The number of thioether (sulfide) groups is 2. The largest absolute Gasteiger partial charge is 0.478 e. The summed E-state index contributed by atoms with van der Waals surface area (Å²) in [6.07, 6.45) is -1.07. The third-order valence-corrected chi connectivity index (χ3v) is 8.37. The number of aliphatic carboxylic acids is 2. The molecule has 4 heterocycles. The van der Waals surface area contributed by atoms with Gasteiger partial charge in [0.15, 0.2) is 10.8 Å². The number of oxime groups is 1. The summed E-state index contributed by atoms with van der Waals surface area (Å²) in [5.74, 6) is -3.04. The van der Waals surface area contributed by atoms with Gasteiger partial charge in [-0.05, 0) is 24.3 Å². The number of hydrogen-bond donors (Lipinski definition) is 7. The maximum absolute atomic E-state index is 13.0. The summed E-state index contributed by atoms with van der Waals surface area (Å²) in [5, 5.41) is 23.9. The van der Waals surface area contributed by atoms with Gasteiger partial charge in [-0.15, -0.1) is 27.8 Å². The molecule has 2 aliphatic rings. The molecule has 1 fully saturated rings. The molecule has 2 unspecified atom stereocenters. The first-order valence-electron chi connectivity index (χ1n) is 11.2. The van der Waals surface area contributed by atoms with E-state index in [2.05, 4.69) is 26.1 Å². The van der Waals surface area contributed by atoms with Gasteiger partial charge in [-0.25, -0.2) is 20.0 Å². The fourth-order valence-electron chi connectivity index (χ4n) is 3.41. The van der Waals surface area contributed by atoms with Crippen molar-refractivity contribution in [2.45, 2.75) is 30.0 Å². The average molecular weight is 612 g/mol. The lowest BCUT2D eigenvalue weighted by Gasteiger charge is -2.43. The zero-order chi connectivity index (χ0) is 29.1. The summed E-state index contributed by atoms with van der Waals surface area (Å²) >= 11 is 3.56. The van der Waals surface area contributed by atoms with Gasteiger partial charge in [0, 0.05) is 16.9 Å². The van der Waals surface area contributed by atoms with E-state index in [4.69, 9.17) is 27.1 Å². The van der Waals surface area contributed by atoms with E-state index in [1.807, 2.05) is 0 Å². The van der Waals surface area contributed by atoms with Gasteiger partial charge in [0.1, 0.15) is 11.4 Å². The second-order valence-electron chi connectivity index (χ2n) is 8.17. The molecule has 2 aromatic heterocycles. The Hall–Kier alpha value is -4.30. The van der Waals surface area contributed by atoms with Crippen molar-refractivity contribution < 1.29 is 38.9 Å². The number of aromatic nitrogens is 3. The van der Waals surface area contributed by atoms with Gasteiger partial charge in [-0.3, -0.25) is 14.5 Å². The first-order valence-corrected chi connectivity index (χ1v) is 14.1. The van der Waals surface area contributed by atoms with Gasteiger partial charge in [-0.2, -0.15) is 5.53 Å². The Morgan fingerprint density at radius 2 is 2.08 bits per heavy atom. The number of carbonyl (C=O) groups excluding carboxylic acids is 2. The second kappa shape index (κ2) is 11.8. The smallest absolute Gasteiger partial charge is 0.352 e. The molecule has 212 valence electrons. The number of carbonyl (C=O) groups is 4. The molecule has 2 amide bonds. The van der Waals surface area contributed by atoms with Crippen LogP contribution in [-0.4, -0.2) is 77.5 Å². The predicted octanol–water partition coefficient (Wildman–Crippen LogP) is -1.22. The number of thiazole rings is 1. The molecule has 0 aromatic carbocycles. The highest BCUT2D eigenvalue weighted by atomic mass is 32.2. The van der Waals surface area contributed by atoms with Crippen LogP contribution in [0.1, 0.15) is 19.0 Å². The number of amides is 2. The Balaban J connectivity index is 1.54. The van der Waals surface area contributed by atoms with Gasteiger partial charge in [-0.1, -0.05) is 10.1 Å². The average Bonchev–Trinajstić information content (AvgIpc) is 3.31. The number of hydrazine groups is 1. The molecule has 0 bridgehead atoms. The number of carboxylic acids is 2. The molecule has 0 spiro atoms. The summed E-state index contributed by atoms with van der Waals surface area (Å²) in [7, 11) is 0. The van der Waals surface area contributed by atoms with E-state index >= 15 is 0 Å². The standard InChI is InChI=1S/C20H22N10O7S3/c1-7(17(33)34)37-27-14(9-6-39-19(23)24-9)16(32)26-28-30-11(22)2-10(21)25-20(30)40-5-8-4-38-13-3-12(31)29(13)15(8)18(35)36/h2,6-7,13H,3-5H2,1H3,(H9,21,22,23,24,26,27,28,32,33,34,35,36)/p+1. The maximum Gasteiger partial charge on any atom is 0.352 e. The van der Waals surface area contributed by atoms with Crippen LogP contribution in [0.2, 0.25) is 0 Å². The molecule has 0 radical (unpaired) electrons. The molecular weight excluding hydrogens is 588 g/mol. The summed E-state index contributed by atoms with van der Waals surface area (Å²) in [6, 6.07) is 1.32. The maximum atomic E-state index is 13.0. The number of rotatable bonds is 11. The first kappa shape index (κ1) is 28.7. The van der Waals surface area contributed by atoms with Crippen molar-refractivity contribution in [2.75, 3.05) is 34.2 Å². The highest BCUT2D eigenvalue weighted by Gasteiger charge is 2.45. The molecule has 0 aliphatic carbocycles. The molecule has 40 heavy (non-hydrogen) atoms. The number of nitrogens with one attached hydrogen (secondary N) is 2. The third kappa shape index (κ3) is 6.13. The van der Waals surface area contributed by atoms with Crippen LogP contribution in [0.4, 0.5) is 16.8 Å². The normalized spacial score (nSPS) is 17.5. The van der Waals surface area contributed by atoms with Crippen molar-refractivity contribution >= 4 is 81.1 Å². The lowest BCUT2D eigenvalue weighted by atomic mass is 10.1. The number of anilines is 3. The quantitative estimate of drug-likeness (QED) is 0.0392. The van der Waals surface area contributed by atoms with Crippen molar-refractivity contribution in [1.29, 1.82) is 0 Å². The molecule has 17 nitrogen and oxygen atoms in total. The Kier molecular flexibility index (Phi) is 8.49. The van der Waals surface area contributed by atoms with E-state index in [1.54, 1.807) is 0 Å². The molecule has 2 atom stereocenters. The van der Waals surface area contributed by atoms with Crippen molar-refractivity contribution in [2.24, 2.45) is 5.16 Å². The molecule has 0 saturated carbocycles. The van der Waals surface area contributed by atoms with Gasteiger partial charge in [0.2, 0.25) is 23.6 Å². The van der Waals surface area contributed by atoms with Crippen molar-refractivity contribution in [1.82, 2.24) is 20.3 Å². The van der Waals surface area contributed by atoms with E-state index in [9.17, 15) is 24.3 Å². The lowest BCUT2D eigenvalue weighted by molar-refractivity contribution is -0.682. The van der Waals surface area contributed by atoms with Crippen LogP contribution in [0.15, 0.2) is 33.0 Å². The van der Waals surface area contributed by atoms with Gasteiger partial charge < -0.3 is 32.3 Å². The Morgan fingerprint density at radius 3 is 2.70 bits per heavy atom. The number of hydrogen-bond acceptors (Lipinski definition) is 15. The zero-order valence-electron chi connectivity index (χ0n) is 20.6. The number of nitrogens with two attached hydrogens (primary N) is 3. The number of β-lactam (4-membered cyclic amide) rings is 1. The highest BCUT2D eigenvalue weighted by Crippen LogP contribution is 2.41. The van der Waals surface area contributed by atoms with Crippen LogP contribution in [0, 0.1) is 0 Å². The van der Waals surface area contributed by atoms with Crippen LogP contribution in [-0.2, 0) is 24.0 Å². The lowest BCUT2D eigenvalue weighted by Crippen LogP contribution is -2.58. The third-order valence-electron chi connectivity index (χ3n) is 5.39. The van der Waals surface area contributed by atoms with Gasteiger partial charge in [0.05, 0.1) is 17.9 Å². The summed E-state index contributed by atoms with van der Waals surface area (Å²) < 4.78 is 1.18. The Morgan fingerprint density at radius 1 is 1.32 bits per heavy atom. The molecule has 10 N–H and O–H groups in total. The van der Waals surface area contributed by atoms with Crippen LogP contribution in [0.3, 0.4) is 0 Å². The predicted molar refractivity (Wildman–Crippen MR) is 145 cm³/mol. The molecule has 20 heteroatoms. The highest BCUT2D eigenvalue weighted by molar-refractivity contribution is 8.00. The molecule has 2 aromatic rings. The van der Waals surface area contributed by atoms with E-state index in [1.165, 1.54) is 39.7 Å². The minimum absolute atomic E-state index is 0.0316. The number of nitrogen functional groups attached to an aromatic ring is 3. The van der Waals surface area contributed by atoms with E-state index in [-0.39, 0.29) is 62.5 Å². The molecule has 4 rings (SSSR count). The zero-order valence-corrected chi connectivity index (χ0v) is 23.0. The van der Waals surface area contributed by atoms with Crippen LogP contribution in [0.25, 0.3) is 0 Å². The van der Waals surface area contributed by atoms with E-state index in [0.717, 1.165) is 23.1 Å². The number of nitrogens with zero attached hydrogens (tertiary/aromatic N) is 5. The van der Waals surface area contributed by atoms with Crippen LogP contribution < -0.4 is 32.8 Å². The van der Waals surface area contributed by atoms with Gasteiger partial charge >= 0.3 is 17.1 Å². The Labute approximate surface area is 237 Å². The second-order valence-corrected chi connectivity index (χ2v) is 11.2. The summed E-state index contributed by atoms with van der Waals surface area (Å²) in [5.41, 5.74) is 22.6. The molecular formula is C20H23N10O7S3+. The summed E-state index contributed by atoms with van der Waals surface area (Å²) in [4.78, 5) is 62.4. The van der Waals surface area contributed by atoms with Crippen molar-refractivity contribution in [3.05, 3.63) is 28.4 Å². The van der Waals surface area contributed by atoms with Crippen LogP contribution in [0.5, 0.6) is 0 Å². The molecule has 2 aliphatic heterocycles. The SMILES string of the molecule is CC(O/N=C(\C(=O)NN[n+]1c(N)cc(N)nc1SCC1=C(C(=O)O)N2C(=O)CC2SC1)c1csc(N)n1)C(=O)O. The fourth-order valence-corrected chi connectivity index (χ4v) is 6.35. The monoisotopic (exact) mass is 611 g/mol. The minimum Gasteiger partial charge on any atom is -0.478 e. The van der Waals surface area contributed by atoms with E-state index < -0.39 is 23.9 Å². The van der Waals surface area contributed by atoms with Crippen molar-refractivity contribution in [3.63, 3.8) is 0 Å². The van der Waals surface area contributed by atoms with Crippen LogP contribution >= 0.6 is 34.9 Å². The minimum atomic E-state index is -1.36. The first-order chi connectivity index (χ1) is 19.0. The molecule has 1 saturated heterocycles. The fraction of sp³-hybridized carbons (Fsp3) is 0.300. The number of fused-ring (bicyclic) bond motifs is 1. The number of carboxylic acid groups (broad SMARTS) is 2. The van der Waals surface area contributed by atoms with Crippen molar-refractivity contribution in [3.8, 4) is 0 Å². The van der Waals surface area contributed by atoms with Gasteiger partial charge in [0.25, 0.3) is 5.91 Å². The van der Waals surface area contributed by atoms with E-state index in [0.29, 0.717) is 11.3 Å².